The summed E-state index contributed by atoms with van der Waals surface area (Å²) in [5.74, 6) is 0. The van der Waals surface area contributed by atoms with Crippen molar-refractivity contribution < 1.29 is 4.79 Å². The molecule has 0 fully saturated rings. The Bertz CT molecular complexity index is 532. The number of hydrogen-bond donors (Lipinski definition) is 0. The molecule has 2 heteroatoms. The summed E-state index contributed by atoms with van der Waals surface area (Å²) in [6, 6.07) is 20.0. The predicted molar refractivity (Wildman–Crippen MR) is 81.4 cm³/mol. The Morgan fingerprint density at radius 2 is 1.47 bits per heavy atom. The third-order valence-corrected chi connectivity index (χ3v) is 4.00. The molecule has 0 radical (unpaired) electrons. The van der Waals surface area contributed by atoms with Gasteiger partial charge in [0, 0.05) is 11.3 Å². The van der Waals surface area contributed by atoms with Gasteiger partial charge in [-0.25, -0.2) is 0 Å². The minimum Gasteiger partial charge on any atom is -0.287 e. The van der Waals surface area contributed by atoms with E-state index in [0.717, 1.165) is 4.90 Å². The van der Waals surface area contributed by atoms with Crippen LogP contribution in [-0.4, -0.2) is 5.12 Å². The zero-order valence-electron chi connectivity index (χ0n) is 11.3. The van der Waals surface area contributed by atoms with Gasteiger partial charge in [0.2, 0.25) is 0 Å². The Morgan fingerprint density at radius 3 is 2.05 bits per heavy atom. The highest BCUT2D eigenvalue weighted by atomic mass is 32.2. The van der Waals surface area contributed by atoms with Crippen LogP contribution in [0.25, 0.3) is 0 Å². The maximum atomic E-state index is 12.2. The fourth-order valence-electron chi connectivity index (χ4n) is 2.01. The van der Waals surface area contributed by atoms with Crippen molar-refractivity contribution in [2.45, 2.75) is 30.6 Å². The summed E-state index contributed by atoms with van der Waals surface area (Å²) in [5, 5.41) is 0.208. The fraction of sp³-hybridized carbons (Fsp3) is 0.235. The second-order valence-electron chi connectivity index (χ2n) is 5.21. The average Bonchev–Trinajstić information content (AvgIpc) is 2.40. The molecule has 2 aromatic rings. The highest BCUT2D eigenvalue weighted by molar-refractivity contribution is 8.13. The molecule has 0 aliphatic carbocycles. The predicted octanol–water partition coefficient (Wildman–Crippen LogP) is 4.67. The van der Waals surface area contributed by atoms with Gasteiger partial charge in [0.05, 0.1) is 0 Å². The SMILES string of the molecule is CC(C)(CC(=O)Sc1ccccc1)c1ccccc1. The number of carbonyl (C=O) groups excluding carboxylic acids is 1. The maximum Gasteiger partial charge on any atom is 0.194 e. The molecule has 0 spiro atoms. The van der Waals surface area contributed by atoms with E-state index in [1.165, 1.54) is 17.3 Å². The van der Waals surface area contributed by atoms with Crippen molar-refractivity contribution in [2.24, 2.45) is 0 Å². The van der Waals surface area contributed by atoms with Crippen LogP contribution in [0.2, 0.25) is 0 Å². The number of thioether (sulfide) groups is 1. The fourth-order valence-corrected chi connectivity index (χ4v) is 3.00. The first kappa shape index (κ1) is 13.9. The van der Waals surface area contributed by atoms with Crippen LogP contribution < -0.4 is 0 Å². The van der Waals surface area contributed by atoms with Gasteiger partial charge in [-0.2, -0.15) is 0 Å². The molecule has 0 heterocycles. The molecule has 19 heavy (non-hydrogen) atoms. The van der Waals surface area contributed by atoms with Gasteiger partial charge in [-0.05, 0) is 23.1 Å². The minimum absolute atomic E-state index is 0.125. The van der Waals surface area contributed by atoms with Gasteiger partial charge in [-0.15, -0.1) is 0 Å². The van der Waals surface area contributed by atoms with Gasteiger partial charge in [0.15, 0.2) is 5.12 Å². The van der Waals surface area contributed by atoms with Crippen LogP contribution in [0.3, 0.4) is 0 Å². The first-order valence-electron chi connectivity index (χ1n) is 6.39. The van der Waals surface area contributed by atoms with Crippen LogP contribution in [0.15, 0.2) is 65.6 Å². The number of hydrogen-bond acceptors (Lipinski definition) is 2. The Kier molecular flexibility index (Phi) is 4.43. The van der Waals surface area contributed by atoms with Crippen molar-refractivity contribution in [3.05, 3.63) is 66.2 Å². The molecule has 98 valence electrons. The van der Waals surface area contributed by atoms with E-state index in [0.29, 0.717) is 6.42 Å². The molecule has 0 unspecified atom stereocenters. The normalized spacial score (nSPS) is 11.3. The van der Waals surface area contributed by atoms with Crippen LogP contribution in [0.5, 0.6) is 0 Å². The molecule has 0 saturated carbocycles. The summed E-state index contributed by atoms with van der Waals surface area (Å²) in [6.07, 6.45) is 0.538. The third-order valence-electron chi connectivity index (χ3n) is 3.12. The number of benzene rings is 2. The van der Waals surface area contributed by atoms with E-state index in [1.54, 1.807) is 0 Å². The standard InChI is InChI=1S/C17H18OS/c1-17(2,14-9-5-3-6-10-14)13-16(18)19-15-11-7-4-8-12-15/h3-12H,13H2,1-2H3. The highest BCUT2D eigenvalue weighted by Crippen LogP contribution is 2.31. The average molecular weight is 270 g/mol. The Hall–Kier alpha value is -1.54. The first-order valence-corrected chi connectivity index (χ1v) is 7.21. The van der Waals surface area contributed by atoms with Gasteiger partial charge in [0.25, 0.3) is 0 Å². The summed E-state index contributed by atoms with van der Waals surface area (Å²) >= 11 is 1.33. The summed E-state index contributed by atoms with van der Waals surface area (Å²) in [4.78, 5) is 13.2. The van der Waals surface area contributed by atoms with E-state index in [4.69, 9.17) is 0 Å². The van der Waals surface area contributed by atoms with E-state index in [9.17, 15) is 4.79 Å². The topological polar surface area (TPSA) is 17.1 Å². The smallest absolute Gasteiger partial charge is 0.194 e. The summed E-state index contributed by atoms with van der Waals surface area (Å²) < 4.78 is 0. The minimum atomic E-state index is -0.125. The Labute approximate surface area is 119 Å². The molecule has 1 nitrogen and oxygen atoms in total. The van der Waals surface area contributed by atoms with Crippen molar-refractivity contribution in [1.29, 1.82) is 0 Å². The molecule has 2 aromatic carbocycles. The molecule has 0 amide bonds. The van der Waals surface area contributed by atoms with Crippen molar-refractivity contribution in [2.75, 3.05) is 0 Å². The van der Waals surface area contributed by atoms with Gasteiger partial charge >= 0.3 is 0 Å². The molecule has 0 aliphatic heterocycles. The summed E-state index contributed by atoms with van der Waals surface area (Å²) in [7, 11) is 0. The molecule has 0 N–H and O–H groups in total. The molecule has 0 aliphatic rings. The lowest BCUT2D eigenvalue weighted by Gasteiger charge is -2.24. The van der Waals surface area contributed by atoms with Crippen LogP contribution in [0, 0.1) is 0 Å². The monoisotopic (exact) mass is 270 g/mol. The quantitative estimate of drug-likeness (QED) is 0.751. The van der Waals surface area contributed by atoms with Crippen LogP contribution in [0.1, 0.15) is 25.8 Å². The first-order chi connectivity index (χ1) is 9.08. The second kappa shape index (κ2) is 6.07. The third kappa shape index (κ3) is 3.97. The Morgan fingerprint density at radius 1 is 0.947 bits per heavy atom. The van der Waals surface area contributed by atoms with Crippen molar-refractivity contribution >= 4 is 16.9 Å². The van der Waals surface area contributed by atoms with Gasteiger partial charge in [-0.3, -0.25) is 4.79 Å². The van der Waals surface area contributed by atoms with Gasteiger partial charge in [0.1, 0.15) is 0 Å². The van der Waals surface area contributed by atoms with Crippen LogP contribution >= 0.6 is 11.8 Å². The highest BCUT2D eigenvalue weighted by Gasteiger charge is 2.24. The zero-order chi connectivity index (χ0) is 13.7. The number of carbonyl (C=O) groups is 1. The van der Waals surface area contributed by atoms with E-state index in [2.05, 4.69) is 26.0 Å². The lowest BCUT2D eigenvalue weighted by molar-refractivity contribution is -0.111. The molecule has 0 bridgehead atoms. The Balaban J connectivity index is 2.02. The molecule has 0 aromatic heterocycles. The van der Waals surface area contributed by atoms with Gasteiger partial charge in [-0.1, -0.05) is 74.1 Å². The molecule has 0 saturated heterocycles. The van der Waals surface area contributed by atoms with Crippen LogP contribution in [-0.2, 0) is 10.2 Å². The van der Waals surface area contributed by atoms with E-state index < -0.39 is 0 Å². The van der Waals surface area contributed by atoms with E-state index in [-0.39, 0.29) is 10.5 Å². The van der Waals surface area contributed by atoms with Crippen molar-refractivity contribution in [3.63, 3.8) is 0 Å². The molecular weight excluding hydrogens is 252 g/mol. The number of rotatable bonds is 4. The summed E-state index contributed by atoms with van der Waals surface area (Å²) in [5.41, 5.74) is 1.08. The molecular formula is C17H18OS. The van der Waals surface area contributed by atoms with Gasteiger partial charge < -0.3 is 0 Å². The lowest BCUT2D eigenvalue weighted by Crippen LogP contribution is -2.20. The zero-order valence-corrected chi connectivity index (χ0v) is 12.1. The van der Waals surface area contributed by atoms with Crippen molar-refractivity contribution in [1.82, 2.24) is 0 Å². The van der Waals surface area contributed by atoms with Crippen molar-refractivity contribution in [3.8, 4) is 0 Å². The second-order valence-corrected chi connectivity index (χ2v) is 6.34. The molecule has 2 rings (SSSR count). The van der Waals surface area contributed by atoms with E-state index in [1.807, 2.05) is 48.5 Å². The van der Waals surface area contributed by atoms with E-state index >= 15 is 0 Å². The summed E-state index contributed by atoms with van der Waals surface area (Å²) in [6.45, 7) is 4.23. The largest absolute Gasteiger partial charge is 0.287 e. The molecule has 0 atom stereocenters. The maximum absolute atomic E-state index is 12.2. The van der Waals surface area contributed by atoms with Crippen LogP contribution in [0.4, 0.5) is 0 Å². The lowest BCUT2D eigenvalue weighted by atomic mass is 9.82.